The molecule has 2 N–H and O–H groups in total. The standard InChI is InChI=1S/C17H29N3O/c1-13(12-19-6-8-21-9-7-19)20-5-4-14-15(18)10-17(2,3)11-16(14)20/h4-5,13,15H,6-12,18H2,1-3H3. The summed E-state index contributed by atoms with van der Waals surface area (Å²) in [5, 5.41) is 0. The van der Waals surface area contributed by atoms with E-state index in [9.17, 15) is 0 Å². The van der Waals surface area contributed by atoms with E-state index in [1.54, 1.807) is 0 Å². The molecular weight excluding hydrogens is 262 g/mol. The number of aromatic nitrogens is 1. The van der Waals surface area contributed by atoms with Gasteiger partial charge in [-0.05, 0) is 36.8 Å². The molecule has 4 heteroatoms. The molecule has 2 aliphatic rings. The van der Waals surface area contributed by atoms with E-state index in [1.165, 1.54) is 11.3 Å². The summed E-state index contributed by atoms with van der Waals surface area (Å²) in [6.07, 6.45) is 4.47. The van der Waals surface area contributed by atoms with Crippen LogP contribution in [0.4, 0.5) is 0 Å². The average molecular weight is 291 g/mol. The van der Waals surface area contributed by atoms with Crippen molar-refractivity contribution in [1.82, 2.24) is 9.47 Å². The highest BCUT2D eigenvalue weighted by Gasteiger charge is 2.33. The second kappa shape index (κ2) is 5.75. The fraction of sp³-hybridized carbons (Fsp3) is 0.765. The van der Waals surface area contributed by atoms with Crippen LogP contribution in [-0.2, 0) is 11.2 Å². The van der Waals surface area contributed by atoms with E-state index >= 15 is 0 Å². The molecule has 0 spiro atoms. The van der Waals surface area contributed by atoms with Crippen molar-refractivity contribution >= 4 is 0 Å². The zero-order chi connectivity index (χ0) is 15.0. The number of hydrogen-bond acceptors (Lipinski definition) is 3. The molecule has 2 atom stereocenters. The van der Waals surface area contributed by atoms with Gasteiger partial charge in [-0.3, -0.25) is 4.90 Å². The van der Waals surface area contributed by atoms with Gasteiger partial charge in [-0.1, -0.05) is 13.8 Å². The molecule has 0 radical (unpaired) electrons. The van der Waals surface area contributed by atoms with Crippen LogP contribution in [0.25, 0.3) is 0 Å². The third-order valence-electron chi connectivity index (χ3n) is 4.98. The normalized spacial score (nSPS) is 27.3. The van der Waals surface area contributed by atoms with E-state index in [0.29, 0.717) is 11.5 Å². The highest BCUT2D eigenvalue weighted by atomic mass is 16.5. The summed E-state index contributed by atoms with van der Waals surface area (Å²) in [7, 11) is 0. The molecule has 4 nitrogen and oxygen atoms in total. The van der Waals surface area contributed by atoms with Crippen LogP contribution < -0.4 is 5.73 Å². The Bertz CT molecular complexity index is 488. The van der Waals surface area contributed by atoms with Crippen molar-refractivity contribution in [3.63, 3.8) is 0 Å². The molecule has 1 fully saturated rings. The van der Waals surface area contributed by atoms with Crippen LogP contribution in [-0.4, -0.2) is 42.3 Å². The molecule has 2 unspecified atom stereocenters. The Morgan fingerprint density at radius 2 is 2.10 bits per heavy atom. The number of rotatable bonds is 3. The molecule has 1 aliphatic carbocycles. The van der Waals surface area contributed by atoms with Crippen molar-refractivity contribution in [3.05, 3.63) is 23.5 Å². The van der Waals surface area contributed by atoms with Gasteiger partial charge in [0.1, 0.15) is 0 Å². The topological polar surface area (TPSA) is 43.4 Å². The van der Waals surface area contributed by atoms with Gasteiger partial charge in [-0.25, -0.2) is 0 Å². The third kappa shape index (κ3) is 3.17. The summed E-state index contributed by atoms with van der Waals surface area (Å²) in [5.41, 5.74) is 9.51. The summed E-state index contributed by atoms with van der Waals surface area (Å²) in [6.45, 7) is 11.9. The molecular formula is C17H29N3O. The Hall–Kier alpha value is -0.840. The second-order valence-electron chi connectivity index (χ2n) is 7.54. The van der Waals surface area contributed by atoms with Crippen molar-refractivity contribution in [2.75, 3.05) is 32.8 Å². The Morgan fingerprint density at radius 1 is 1.38 bits per heavy atom. The molecule has 0 aromatic carbocycles. The second-order valence-corrected chi connectivity index (χ2v) is 7.54. The number of ether oxygens (including phenoxy) is 1. The van der Waals surface area contributed by atoms with Crippen LogP contribution in [0, 0.1) is 5.41 Å². The van der Waals surface area contributed by atoms with Crippen LogP contribution in [0.15, 0.2) is 12.3 Å². The lowest BCUT2D eigenvalue weighted by Gasteiger charge is -2.36. The van der Waals surface area contributed by atoms with E-state index < -0.39 is 0 Å². The molecule has 1 aromatic heterocycles. The number of fused-ring (bicyclic) bond motifs is 1. The first-order valence-corrected chi connectivity index (χ1v) is 8.21. The van der Waals surface area contributed by atoms with Crippen LogP contribution in [0.2, 0.25) is 0 Å². The maximum atomic E-state index is 6.38. The highest BCUT2D eigenvalue weighted by molar-refractivity contribution is 5.30. The summed E-state index contributed by atoms with van der Waals surface area (Å²) >= 11 is 0. The maximum absolute atomic E-state index is 6.38. The average Bonchev–Trinajstić information content (AvgIpc) is 2.82. The first-order valence-electron chi connectivity index (χ1n) is 8.21. The minimum absolute atomic E-state index is 0.195. The first kappa shape index (κ1) is 15.1. The Labute approximate surface area is 128 Å². The summed E-state index contributed by atoms with van der Waals surface area (Å²) in [6, 6.07) is 2.93. The molecule has 1 aliphatic heterocycles. The summed E-state index contributed by atoms with van der Waals surface area (Å²) < 4.78 is 7.90. The van der Waals surface area contributed by atoms with E-state index in [1.807, 2.05) is 0 Å². The van der Waals surface area contributed by atoms with E-state index in [2.05, 4.69) is 42.5 Å². The van der Waals surface area contributed by atoms with Crippen LogP contribution >= 0.6 is 0 Å². The molecule has 3 rings (SSSR count). The largest absolute Gasteiger partial charge is 0.379 e. The van der Waals surface area contributed by atoms with Gasteiger partial charge in [-0.15, -0.1) is 0 Å². The SMILES string of the molecule is CC(CN1CCOCC1)n1ccc2c1CC(C)(C)CC2N. The zero-order valence-corrected chi connectivity index (χ0v) is 13.6. The molecule has 2 heterocycles. The molecule has 1 saturated heterocycles. The van der Waals surface area contributed by atoms with Gasteiger partial charge in [0, 0.05) is 43.6 Å². The lowest BCUT2D eigenvalue weighted by Crippen LogP contribution is -2.39. The maximum Gasteiger partial charge on any atom is 0.0594 e. The van der Waals surface area contributed by atoms with Crippen molar-refractivity contribution in [2.45, 2.75) is 45.7 Å². The number of hydrogen-bond donors (Lipinski definition) is 1. The lowest BCUT2D eigenvalue weighted by molar-refractivity contribution is 0.0323. The van der Waals surface area contributed by atoms with Crippen LogP contribution in [0.1, 0.15) is 50.5 Å². The monoisotopic (exact) mass is 291 g/mol. The van der Waals surface area contributed by atoms with Crippen LogP contribution in [0.3, 0.4) is 0 Å². The molecule has 118 valence electrons. The number of morpholine rings is 1. The Balaban J connectivity index is 1.77. The summed E-state index contributed by atoms with van der Waals surface area (Å²) in [4.78, 5) is 2.51. The molecule has 21 heavy (non-hydrogen) atoms. The minimum Gasteiger partial charge on any atom is -0.379 e. The number of nitrogens with two attached hydrogens (primary N) is 1. The van der Waals surface area contributed by atoms with Crippen molar-refractivity contribution in [1.29, 1.82) is 0 Å². The third-order valence-corrected chi connectivity index (χ3v) is 4.98. The Kier molecular flexibility index (Phi) is 4.12. The van der Waals surface area contributed by atoms with Crippen molar-refractivity contribution in [2.24, 2.45) is 11.1 Å². The van der Waals surface area contributed by atoms with Gasteiger partial charge in [0.2, 0.25) is 0 Å². The molecule has 0 bridgehead atoms. The summed E-state index contributed by atoms with van der Waals surface area (Å²) in [5.74, 6) is 0. The van der Waals surface area contributed by atoms with Gasteiger partial charge < -0.3 is 15.0 Å². The van der Waals surface area contributed by atoms with E-state index in [-0.39, 0.29) is 6.04 Å². The lowest BCUT2D eigenvalue weighted by atomic mass is 9.74. The minimum atomic E-state index is 0.195. The molecule has 1 aromatic rings. The highest BCUT2D eigenvalue weighted by Crippen LogP contribution is 2.40. The zero-order valence-electron chi connectivity index (χ0n) is 13.6. The van der Waals surface area contributed by atoms with Gasteiger partial charge in [0.05, 0.1) is 13.2 Å². The van der Waals surface area contributed by atoms with Gasteiger partial charge >= 0.3 is 0 Å². The van der Waals surface area contributed by atoms with E-state index in [0.717, 1.165) is 45.7 Å². The smallest absolute Gasteiger partial charge is 0.0594 e. The first-order chi connectivity index (χ1) is 9.96. The predicted molar refractivity (Wildman–Crippen MR) is 85.4 cm³/mol. The predicted octanol–water partition coefficient (Wildman–Crippen LogP) is 2.35. The fourth-order valence-electron chi connectivity index (χ4n) is 3.92. The van der Waals surface area contributed by atoms with Crippen molar-refractivity contribution in [3.8, 4) is 0 Å². The Morgan fingerprint density at radius 3 is 2.81 bits per heavy atom. The molecule has 0 amide bonds. The fourth-order valence-corrected chi connectivity index (χ4v) is 3.92. The molecule has 0 saturated carbocycles. The van der Waals surface area contributed by atoms with Gasteiger partial charge in [0.25, 0.3) is 0 Å². The quantitative estimate of drug-likeness (QED) is 0.929. The number of nitrogens with zero attached hydrogens (tertiary/aromatic N) is 2. The van der Waals surface area contributed by atoms with Crippen LogP contribution in [0.5, 0.6) is 0 Å². The van der Waals surface area contributed by atoms with E-state index in [4.69, 9.17) is 10.5 Å². The van der Waals surface area contributed by atoms with Gasteiger partial charge in [0.15, 0.2) is 0 Å². The van der Waals surface area contributed by atoms with Crippen molar-refractivity contribution < 1.29 is 4.74 Å². The van der Waals surface area contributed by atoms with Gasteiger partial charge in [-0.2, -0.15) is 0 Å².